The van der Waals surface area contributed by atoms with Gasteiger partial charge in [0, 0.05) is 6.07 Å². The van der Waals surface area contributed by atoms with Crippen LogP contribution >= 0.6 is 0 Å². The van der Waals surface area contributed by atoms with E-state index < -0.39 is 5.91 Å². The van der Waals surface area contributed by atoms with E-state index in [4.69, 9.17) is 15.1 Å². The van der Waals surface area contributed by atoms with E-state index in [1.807, 2.05) is 24.5 Å². The smallest absolute Gasteiger partial charge is 0.287 e. The predicted molar refractivity (Wildman–Crippen MR) is 52.6 cm³/mol. The molecule has 0 fully saturated rings. The SMILES string of the molecule is CC=CCOCc1cc(C(=O)NN)no1. The summed E-state index contributed by atoms with van der Waals surface area (Å²) >= 11 is 0. The van der Waals surface area contributed by atoms with Crippen LogP contribution in [-0.2, 0) is 11.3 Å². The lowest BCUT2D eigenvalue weighted by atomic mass is 10.3. The first-order valence-electron chi connectivity index (χ1n) is 4.43. The van der Waals surface area contributed by atoms with Gasteiger partial charge in [0.25, 0.3) is 5.91 Å². The molecule has 3 N–H and O–H groups in total. The summed E-state index contributed by atoms with van der Waals surface area (Å²) in [5.41, 5.74) is 2.10. The van der Waals surface area contributed by atoms with E-state index in [9.17, 15) is 4.79 Å². The fourth-order valence-electron chi connectivity index (χ4n) is 0.886. The van der Waals surface area contributed by atoms with Crippen LogP contribution in [-0.4, -0.2) is 17.7 Å². The van der Waals surface area contributed by atoms with E-state index in [2.05, 4.69) is 5.16 Å². The third-order valence-corrected chi connectivity index (χ3v) is 1.62. The number of hydrazine groups is 1. The van der Waals surface area contributed by atoms with Gasteiger partial charge in [-0.25, -0.2) is 5.84 Å². The lowest BCUT2D eigenvalue weighted by molar-refractivity contribution is 0.0943. The molecule has 0 aliphatic carbocycles. The molecule has 0 aromatic carbocycles. The maximum Gasteiger partial charge on any atom is 0.287 e. The number of aromatic nitrogens is 1. The van der Waals surface area contributed by atoms with E-state index in [1.54, 1.807) is 0 Å². The van der Waals surface area contributed by atoms with Crippen molar-refractivity contribution >= 4 is 5.91 Å². The first-order chi connectivity index (χ1) is 7.27. The molecule has 0 radical (unpaired) electrons. The number of nitrogens with one attached hydrogen (secondary N) is 1. The number of allylic oxidation sites excluding steroid dienone is 1. The number of rotatable bonds is 5. The van der Waals surface area contributed by atoms with E-state index in [0.29, 0.717) is 12.4 Å². The number of carbonyl (C=O) groups is 1. The maximum atomic E-state index is 11.0. The zero-order valence-corrected chi connectivity index (χ0v) is 8.40. The van der Waals surface area contributed by atoms with Gasteiger partial charge in [-0.1, -0.05) is 17.3 Å². The molecular weight excluding hydrogens is 198 g/mol. The predicted octanol–water partition coefficient (Wildman–Crippen LogP) is 0.371. The summed E-state index contributed by atoms with van der Waals surface area (Å²) in [5.74, 6) is 4.93. The van der Waals surface area contributed by atoms with Gasteiger partial charge in [-0.15, -0.1) is 0 Å². The number of amides is 1. The Kier molecular flexibility index (Phi) is 4.52. The monoisotopic (exact) mass is 211 g/mol. The quantitative estimate of drug-likeness (QED) is 0.241. The molecule has 1 amide bonds. The van der Waals surface area contributed by atoms with Crippen molar-refractivity contribution < 1.29 is 14.1 Å². The molecule has 0 saturated heterocycles. The molecular formula is C9H13N3O3. The zero-order chi connectivity index (χ0) is 11.1. The minimum atomic E-state index is -0.488. The standard InChI is InChI=1S/C9H13N3O3/c1-2-3-4-14-6-7-5-8(12-15-7)9(13)11-10/h2-3,5H,4,6,10H2,1H3,(H,11,13). The van der Waals surface area contributed by atoms with Crippen LogP contribution in [0.2, 0.25) is 0 Å². The van der Waals surface area contributed by atoms with Crippen molar-refractivity contribution in [2.45, 2.75) is 13.5 Å². The number of hydrogen-bond donors (Lipinski definition) is 2. The Hall–Kier alpha value is -1.66. The molecule has 15 heavy (non-hydrogen) atoms. The van der Waals surface area contributed by atoms with Gasteiger partial charge in [0.15, 0.2) is 11.5 Å². The minimum absolute atomic E-state index is 0.141. The van der Waals surface area contributed by atoms with Crippen LogP contribution in [0.15, 0.2) is 22.7 Å². The van der Waals surface area contributed by atoms with Crippen molar-refractivity contribution in [2.24, 2.45) is 5.84 Å². The molecule has 0 bridgehead atoms. The van der Waals surface area contributed by atoms with Crippen molar-refractivity contribution in [3.8, 4) is 0 Å². The number of nitrogen functional groups attached to an aromatic ring is 1. The highest BCUT2D eigenvalue weighted by atomic mass is 16.5. The summed E-state index contributed by atoms with van der Waals surface area (Å²) in [6.07, 6.45) is 3.75. The van der Waals surface area contributed by atoms with Crippen LogP contribution in [0.4, 0.5) is 0 Å². The molecule has 0 atom stereocenters. The van der Waals surface area contributed by atoms with Crippen LogP contribution in [0, 0.1) is 0 Å². The molecule has 1 heterocycles. The van der Waals surface area contributed by atoms with E-state index in [-0.39, 0.29) is 12.3 Å². The number of hydrogen-bond acceptors (Lipinski definition) is 5. The van der Waals surface area contributed by atoms with E-state index in [0.717, 1.165) is 0 Å². The molecule has 0 aliphatic heterocycles. The second kappa shape index (κ2) is 5.94. The second-order valence-corrected chi connectivity index (χ2v) is 2.74. The summed E-state index contributed by atoms with van der Waals surface area (Å²) < 4.78 is 10.1. The second-order valence-electron chi connectivity index (χ2n) is 2.74. The van der Waals surface area contributed by atoms with Crippen LogP contribution < -0.4 is 11.3 Å². The molecule has 6 nitrogen and oxygen atoms in total. The first-order valence-corrected chi connectivity index (χ1v) is 4.43. The highest BCUT2D eigenvalue weighted by Gasteiger charge is 2.10. The largest absolute Gasteiger partial charge is 0.369 e. The Morgan fingerprint density at radius 2 is 2.60 bits per heavy atom. The molecule has 1 aromatic heterocycles. The van der Waals surface area contributed by atoms with Gasteiger partial charge in [-0.3, -0.25) is 10.2 Å². The summed E-state index contributed by atoms with van der Waals surface area (Å²) in [5, 5.41) is 3.52. The Balaban J connectivity index is 2.42. The summed E-state index contributed by atoms with van der Waals surface area (Å²) in [6.45, 7) is 2.67. The number of nitrogens with zero attached hydrogens (tertiary/aromatic N) is 1. The maximum absolute atomic E-state index is 11.0. The van der Waals surface area contributed by atoms with E-state index >= 15 is 0 Å². The van der Waals surface area contributed by atoms with Gasteiger partial charge < -0.3 is 9.26 Å². The van der Waals surface area contributed by atoms with Crippen molar-refractivity contribution in [1.82, 2.24) is 10.6 Å². The Morgan fingerprint density at radius 3 is 3.27 bits per heavy atom. The number of carbonyl (C=O) groups excluding carboxylic acids is 1. The lowest BCUT2D eigenvalue weighted by Gasteiger charge is -1.94. The zero-order valence-electron chi connectivity index (χ0n) is 8.40. The molecule has 1 rings (SSSR count). The first kappa shape index (κ1) is 11.4. The average molecular weight is 211 g/mol. The molecule has 0 spiro atoms. The van der Waals surface area contributed by atoms with Gasteiger partial charge in [0.1, 0.15) is 6.61 Å². The third kappa shape index (κ3) is 3.53. The fraction of sp³-hybridized carbons (Fsp3) is 0.333. The highest BCUT2D eigenvalue weighted by molar-refractivity contribution is 5.91. The van der Waals surface area contributed by atoms with Crippen molar-refractivity contribution in [2.75, 3.05) is 6.61 Å². The normalized spacial score (nSPS) is 10.8. The Bertz CT molecular complexity index is 346. The summed E-state index contributed by atoms with van der Waals surface area (Å²) in [7, 11) is 0. The lowest BCUT2D eigenvalue weighted by Crippen LogP contribution is -2.30. The Labute approximate surface area is 87.0 Å². The topological polar surface area (TPSA) is 90.4 Å². The van der Waals surface area contributed by atoms with Gasteiger partial charge >= 0.3 is 0 Å². The summed E-state index contributed by atoms with van der Waals surface area (Å²) in [6, 6.07) is 1.48. The number of ether oxygens (including phenoxy) is 1. The van der Waals surface area contributed by atoms with Crippen molar-refractivity contribution in [1.29, 1.82) is 0 Å². The van der Waals surface area contributed by atoms with Crippen LogP contribution in [0.3, 0.4) is 0 Å². The van der Waals surface area contributed by atoms with Crippen molar-refractivity contribution in [3.05, 3.63) is 29.7 Å². The Morgan fingerprint density at radius 1 is 1.80 bits per heavy atom. The average Bonchev–Trinajstić information content (AvgIpc) is 2.72. The highest BCUT2D eigenvalue weighted by Crippen LogP contribution is 2.04. The van der Waals surface area contributed by atoms with Gasteiger partial charge in [-0.05, 0) is 6.92 Å². The third-order valence-electron chi connectivity index (χ3n) is 1.62. The summed E-state index contributed by atoms with van der Waals surface area (Å²) in [4.78, 5) is 11.0. The van der Waals surface area contributed by atoms with Crippen molar-refractivity contribution in [3.63, 3.8) is 0 Å². The van der Waals surface area contributed by atoms with Crippen LogP contribution in [0.5, 0.6) is 0 Å². The minimum Gasteiger partial charge on any atom is -0.369 e. The molecule has 0 saturated carbocycles. The van der Waals surface area contributed by atoms with E-state index in [1.165, 1.54) is 6.07 Å². The molecule has 6 heteroatoms. The van der Waals surface area contributed by atoms with Crippen LogP contribution in [0.25, 0.3) is 0 Å². The number of nitrogens with two attached hydrogens (primary N) is 1. The molecule has 1 aromatic rings. The van der Waals surface area contributed by atoms with Gasteiger partial charge in [0.05, 0.1) is 6.61 Å². The van der Waals surface area contributed by atoms with Gasteiger partial charge in [0.2, 0.25) is 0 Å². The molecule has 82 valence electrons. The van der Waals surface area contributed by atoms with Crippen LogP contribution in [0.1, 0.15) is 23.2 Å². The van der Waals surface area contributed by atoms with Gasteiger partial charge in [-0.2, -0.15) is 0 Å². The fourth-order valence-corrected chi connectivity index (χ4v) is 0.886. The molecule has 0 unspecified atom stereocenters. The molecule has 0 aliphatic rings.